The van der Waals surface area contributed by atoms with Gasteiger partial charge in [0.1, 0.15) is 5.82 Å². The minimum atomic E-state index is -0.304. The first-order chi connectivity index (χ1) is 9.13. The van der Waals surface area contributed by atoms with Gasteiger partial charge in [-0.05, 0) is 42.0 Å². The number of rotatable bonds is 1. The first kappa shape index (κ1) is 11.9. The minimum absolute atomic E-state index is 0.179. The van der Waals surface area contributed by atoms with Crippen LogP contribution in [0.3, 0.4) is 0 Å². The zero-order chi connectivity index (χ0) is 13.4. The van der Waals surface area contributed by atoms with Crippen LogP contribution in [0, 0.1) is 5.82 Å². The summed E-state index contributed by atoms with van der Waals surface area (Å²) in [6.07, 6.45) is 1.72. The van der Waals surface area contributed by atoms with Crippen molar-refractivity contribution in [2.24, 2.45) is 0 Å². The lowest BCUT2D eigenvalue weighted by Crippen LogP contribution is -2.03. The lowest BCUT2D eigenvalue weighted by Gasteiger charge is -1.99. The van der Waals surface area contributed by atoms with Crippen LogP contribution in [-0.4, -0.2) is 5.91 Å². The molecule has 2 aromatic carbocycles. The molecular weight excluding hydrogens is 265 g/mol. The third kappa shape index (κ3) is 2.25. The van der Waals surface area contributed by atoms with E-state index < -0.39 is 0 Å². The molecule has 0 saturated heterocycles. The Labute approximate surface area is 114 Å². The van der Waals surface area contributed by atoms with Crippen LogP contribution in [0.1, 0.15) is 11.1 Å². The average molecular weight is 274 g/mol. The van der Waals surface area contributed by atoms with Crippen molar-refractivity contribution in [3.63, 3.8) is 0 Å². The van der Waals surface area contributed by atoms with Gasteiger partial charge in [0, 0.05) is 21.8 Å². The van der Waals surface area contributed by atoms with Gasteiger partial charge in [0.05, 0.1) is 0 Å². The molecule has 1 aliphatic rings. The molecule has 1 N–H and O–H groups in total. The van der Waals surface area contributed by atoms with E-state index in [-0.39, 0.29) is 11.7 Å². The molecule has 1 amide bonds. The molecule has 2 aromatic rings. The van der Waals surface area contributed by atoms with E-state index in [1.807, 2.05) is 0 Å². The zero-order valence-corrected chi connectivity index (χ0v) is 10.5. The van der Waals surface area contributed by atoms with Crippen molar-refractivity contribution >= 4 is 34.8 Å². The molecule has 94 valence electrons. The summed E-state index contributed by atoms with van der Waals surface area (Å²) in [6, 6.07) is 11.2. The number of hydrogen-bond acceptors (Lipinski definition) is 1. The summed E-state index contributed by atoms with van der Waals surface area (Å²) in [7, 11) is 0. The van der Waals surface area contributed by atoms with E-state index in [2.05, 4.69) is 5.32 Å². The van der Waals surface area contributed by atoms with E-state index in [4.69, 9.17) is 11.6 Å². The molecule has 4 heteroatoms. The Morgan fingerprint density at radius 2 is 1.84 bits per heavy atom. The lowest BCUT2D eigenvalue weighted by atomic mass is 10.0. The summed E-state index contributed by atoms with van der Waals surface area (Å²) < 4.78 is 12.9. The number of amides is 1. The Bertz CT molecular complexity index is 692. The van der Waals surface area contributed by atoms with Gasteiger partial charge in [-0.3, -0.25) is 4.79 Å². The third-order valence-electron chi connectivity index (χ3n) is 2.95. The van der Waals surface area contributed by atoms with Crippen LogP contribution in [0.15, 0.2) is 42.5 Å². The molecule has 1 heterocycles. The number of carbonyl (C=O) groups excluding carboxylic acids is 1. The molecule has 3 rings (SSSR count). The number of hydrogen-bond donors (Lipinski definition) is 1. The highest BCUT2D eigenvalue weighted by Gasteiger charge is 2.23. The maximum atomic E-state index is 12.9. The van der Waals surface area contributed by atoms with Crippen molar-refractivity contribution in [3.8, 4) is 0 Å². The van der Waals surface area contributed by atoms with Crippen molar-refractivity contribution in [1.29, 1.82) is 0 Å². The smallest absolute Gasteiger partial charge is 0.256 e. The molecule has 0 spiro atoms. The zero-order valence-electron chi connectivity index (χ0n) is 9.78. The van der Waals surface area contributed by atoms with Crippen LogP contribution in [0.2, 0.25) is 5.02 Å². The fourth-order valence-corrected chi connectivity index (χ4v) is 2.20. The van der Waals surface area contributed by atoms with Gasteiger partial charge in [-0.1, -0.05) is 23.7 Å². The largest absolute Gasteiger partial charge is 0.321 e. The Morgan fingerprint density at radius 1 is 1.11 bits per heavy atom. The first-order valence-electron chi connectivity index (χ1n) is 5.72. The summed E-state index contributed by atoms with van der Waals surface area (Å²) >= 11 is 5.94. The van der Waals surface area contributed by atoms with Gasteiger partial charge in [0.25, 0.3) is 5.91 Å². The standard InChI is InChI=1S/C15H9ClFNO/c16-10-3-6-14-12(8-10)13(15(19)18-14)7-9-1-4-11(17)5-2-9/h1-8H,(H,18,19). The van der Waals surface area contributed by atoms with Crippen molar-refractivity contribution in [3.05, 3.63) is 64.4 Å². The number of anilines is 1. The van der Waals surface area contributed by atoms with Crippen LogP contribution in [0.5, 0.6) is 0 Å². The maximum Gasteiger partial charge on any atom is 0.256 e. The molecule has 0 fully saturated rings. The Morgan fingerprint density at radius 3 is 2.58 bits per heavy atom. The van der Waals surface area contributed by atoms with Crippen LogP contribution >= 0.6 is 11.6 Å². The van der Waals surface area contributed by atoms with Gasteiger partial charge in [-0.2, -0.15) is 0 Å². The highest BCUT2D eigenvalue weighted by molar-refractivity contribution is 6.36. The van der Waals surface area contributed by atoms with E-state index in [1.54, 1.807) is 36.4 Å². The SMILES string of the molecule is O=C1Nc2ccc(Cl)cc2C1=Cc1ccc(F)cc1. The summed E-state index contributed by atoms with van der Waals surface area (Å²) in [6.45, 7) is 0. The number of nitrogens with one attached hydrogen (secondary N) is 1. The molecule has 19 heavy (non-hydrogen) atoms. The fourth-order valence-electron chi connectivity index (χ4n) is 2.03. The monoisotopic (exact) mass is 273 g/mol. The summed E-state index contributed by atoms with van der Waals surface area (Å²) in [4.78, 5) is 11.9. The Kier molecular flexibility index (Phi) is 2.84. The molecule has 1 aliphatic heterocycles. The minimum Gasteiger partial charge on any atom is -0.321 e. The second-order valence-corrected chi connectivity index (χ2v) is 4.69. The molecule has 0 radical (unpaired) electrons. The summed E-state index contributed by atoms with van der Waals surface area (Å²) in [5, 5.41) is 3.34. The second kappa shape index (κ2) is 4.52. The number of fused-ring (bicyclic) bond motifs is 1. The topological polar surface area (TPSA) is 29.1 Å². The van der Waals surface area contributed by atoms with E-state index in [1.165, 1.54) is 12.1 Å². The van der Waals surface area contributed by atoms with Crippen molar-refractivity contribution in [1.82, 2.24) is 0 Å². The highest BCUT2D eigenvalue weighted by atomic mass is 35.5. The van der Waals surface area contributed by atoms with Gasteiger partial charge in [0.15, 0.2) is 0 Å². The van der Waals surface area contributed by atoms with Gasteiger partial charge < -0.3 is 5.32 Å². The van der Waals surface area contributed by atoms with E-state index in [0.717, 1.165) is 16.8 Å². The number of halogens is 2. The second-order valence-electron chi connectivity index (χ2n) is 4.25. The predicted octanol–water partition coefficient (Wildman–Crippen LogP) is 3.97. The van der Waals surface area contributed by atoms with Crippen molar-refractivity contribution < 1.29 is 9.18 Å². The molecule has 0 saturated carbocycles. The molecule has 0 aromatic heterocycles. The molecule has 2 nitrogen and oxygen atoms in total. The molecule has 0 aliphatic carbocycles. The third-order valence-corrected chi connectivity index (χ3v) is 3.18. The van der Waals surface area contributed by atoms with E-state index in [0.29, 0.717) is 10.6 Å². The van der Waals surface area contributed by atoms with E-state index >= 15 is 0 Å². The normalized spacial score (nSPS) is 15.5. The van der Waals surface area contributed by atoms with E-state index in [9.17, 15) is 9.18 Å². The Hall–Kier alpha value is -2.13. The summed E-state index contributed by atoms with van der Waals surface area (Å²) in [5.74, 6) is -0.483. The number of benzene rings is 2. The van der Waals surface area contributed by atoms with Gasteiger partial charge >= 0.3 is 0 Å². The molecule has 0 unspecified atom stereocenters. The highest BCUT2D eigenvalue weighted by Crippen LogP contribution is 2.34. The van der Waals surface area contributed by atoms with Crippen LogP contribution in [0.25, 0.3) is 11.6 Å². The number of carbonyl (C=O) groups is 1. The van der Waals surface area contributed by atoms with Gasteiger partial charge in [0.2, 0.25) is 0 Å². The lowest BCUT2D eigenvalue weighted by molar-refractivity contribution is -0.110. The van der Waals surface area contributed by atoms with Gasteiger partial charge in [-0.15, -0.1) is 0 Å². The Balaban J connectivity index is 2.08. The molecule has 0 bridgehead atoms. The van der Waals surface area contributed by atoms with Crippen molar-refractivity contribution in [2.75, 3.05) is 5.32 Å². The molecular formula is C15H9ClFNO. The van der Waals surface area contributed by atoms with Gasteiger partial charge in [-0.25, -0.2) is 4.39 Å². The average Bonchev–Trinajstić information content (AvgIpc) is 2.69. The molecule has 0 atom stereocenters. The fraction of sp³-hybridized carbons (Fsp3) is 0. The van der Waals surface area contributed by atoms with Crippen LogP contribution in [0.4, 0.5) is 10.1 Å². The van der Waals surface area contributed by atoms with Crippen molar-refractivity contribution in [2.45, 2.75) is 0 Å². The summed E-state index contributed by atoms with van der Waals surface area (Å²) in [5.41, 5.74) is 2.80. The quantitative estimate of drug-likeness (QED) is 0.783. The van der Waals surface area contributed by atoms with Crippen LogP contribution in [-0.2, 0) is 4.79 Å². The predicted molar refractivity (Wildman–Crippen MR) is 74.4 cm³/mol. The first-order valence-corrected chi connectivity index (χ1v) is 6.10. The maximum absolute atomic E-state index is 12.9. The van der Waals surface area contributed by atoms with Crippen LogP contribution < -0.4 is 5.32 Å².